The molecule has 7 heteroatoms. The lowest BCUT2D eigenvalue weighted by Gasteiger charge is -2.14. The molecule has 1 aromatic heterocycles. The van der Waals surface area contributed by atoms with E-state index >= 15 is 0 Å². The van der Waals surface area contributed by atoms with Crippen molar-refractivity contribution in [2.45, 2.75) is 50.5 Å². The normalized spacial score (nSPS) is 17.3. The molecule has 20 heavy (non-hydrogen) atoms. The molecule has 1 aromatic rings. The largest absolute Gasteiger partial charge is 0.330 e. The summed E-state index contributed by atoms with van der Waals surface area (Å²) in [5, 5.41) is 4.06. The second-order valence-electron chi connectivity index (χ2n) is 5.66. The van der Waals surface area contributed by atoms with Gasteiger partial charge in [-0.3, -0.25) is 4.68 Å². The Morgan fingerprint density at radius 3 is 2.85 bits per heavy atom. The van der Waals surface area contributed by atoms with Crippen molar-refractivity contribution in [3.8, 4) is 0 Å². The van der Waals surface area contributed by atoms with Gasteiger partial charge in [0.15, 0.2) is 0 Å². The highest BCUT2D eigenvalue weighted by atomic mass is 32.2. The first-order chi connectivity index (χ1) is 9.51. The van der Waals surface area contributed by atoms with E-state index in [4.69, 9.17) is 5.73 Å². The van der Waals surface area contributed by atoms with Crippen LogP contribution in [0.15, 0.2) is 17.3 Å². The summed E-state index contributed by atoms with van der Waals surface area (Å²) in [4.78, 5) is 0.238. The van der Waals surface area contributed by atoms with Crippen LogP contribution in [-0.2, 0) is 16.6 Å². The van der Waals surface area contributed by atoms with E-state index in [9.17, 15) is 8.42 Å². The average molecular weight is 300 g/mol. The molecule has 1 aliphatic rings. The number of aromatic nitrogens is 2. The number of aryl methyl sites for hydroxylation is 1. The van der Waals surface area contributed by atoms with E-state index in [1.54, 1.807) is 10.9 Å². The Morgan fingerprint density at radius 1 is 1.50 bits per heavy atom. The van der Waals surface area contributed by atoms with E-state index < -0.39 is 10.0 Å². The van der Waals surface area contributed by atoms with E-state index in [0.717, 1.165) is 32.1 Å². The Morgan fingerprint density at radius 2 is 2.25 bits per heavy atom. The van der Waals surface area contributed by atoms with Crippen molar-refractivity contribution in [1.82, 2.24) is 14.5 Å². The summed E-state index contributed by atoms with van der Waals surface area (Å²) in [5.74, 6) is 0. The van der Waals surface area contributed by atoms with Gasteiger partial charge in [-0.1, -0.05) is 13.3 Å². The highest BCUT2D eigenvalue weighted by Gasteiger charge is 2.42. The lowest BCUT2D eigenvalue weighted by molar-refractivity contribution is 0.449. The lowest BCUT2D eigenvalue weighted by atomic mass is 10.0. The van der Waals surface area contributed by atoms with Crippen LogP contribution in [0.2, 0.25) is 0 Å². The van der Waals surface area contributed by atoms with Gasteiger partial charge in [-0.25, -0.2) is 13.1 Å². The number of sulfonamides is 1. The van der Waals surface area contributed by atoms with E-state index in [1.807, 2.05) is 0 Å². The molecule has 1 heterocycles. The van der Waals surface area contributed by atoms with Crippen LogP contribution < -0.4 is 10.5 Å². The number of nitrogens with one attached hydrogen (secondary N) is 1. The van der Waals surface area contributed by atoms with Crippen LogP contribution in [0.3, 0.4) is 0 Å². The molecule has 1 saturated carbocycles. The first-order valence-corrected chi connectivity index (χ1v) is 8.72. The smallest absolute Gasteiger partial charge is 0.243 e. The first-order valence-electron chi connectivity index (χ1n) is 7.23. The fraction of sp³-hybridized carbons (Fsp3) is 0.769. The van der Waals surface area contributed by atoms with Gasteiger partial charge < -0.3 is 5.73 Å². The van der Waals surface area contributed by atoms with Crippen LogP contribution >= 0.6 is 0 Å². The molecule has 2 rings (SSSR count). The zero-order valence-corrected chi connectivity index (χ0v) is 12.8. The van der Waals surface area contributed by atoms with Crippen molar-refractivity contribution in [3.05, 3.63) is 12.4 Å². The Bertz CT molecular complexity index is 534. The predicted octanol–water partition coefficient (Wildman–Crippen LogP) is 1.09. The molecule has 0 bridgehead atoms. The summed E-state index contributed by atoms with van der Waals surface area (Å²) in [6, 6.07) is 0. The molecule has 3 N–H and O–H groups in total. The van der Waals surface area contributed by atoms with Gasteiger partial charge in [0.05, 0.1) is 6.20 Å². The van der Waals surface area contributed by atoms with Gasteiger partial charge in [0.1, 0.15) is 4.90 Å². The Labute approximate surface area is 120 Å². The lowest BCUT2D eigenvalue weighted by Crippen LogP contribution is -2.30. The molecule has 0 aromatic carbocycles. The summed E-state index contributed by atoms with van der Waals surface area (Å²) in [6.45, 7) is 3.89. The maximum Gasteiger partial charge on any atom is 0.243 e. The molecule has 1 fully saturated rings. The van der Waals surface area contributed by atoms with Gasteiger partial charge in [-0.2, -0.15) is 5.10 Å². The number of hydrogen-bond donors (Lipinski definition) is 2. The SMILES string of the molecule is CCCC1(CNS(=O)(=O)c2cnn(CCCN)c2)CC1. The van der Waals surface area contributed by atoms with Crippen LogP contribution in [-0.4, -0.2) is 31.3 Å². The minimum Gasteiger partial charge on any atom is -0.330 e. The number of rotatable bonds is 9. The maximum atomic E-state index is 12.2. The van der Waals surface area contributed by atoms with E-state index in [2.05, 4.69) is 16.7 Å². The van der Waals surface area contributed by atoms with Crippen molar-refractivity contribution in [1.29, 1.82) is 0 Å². The van der Waals surface area contributed by atoms with Crippen LogP contribution in [0.4, 0.5) is 0 Å². The Kier molecular flexibility index (Phi) is 4.82. The molecule has 0 unspecified atom stereocenters. The Hall–Kier alpha value is -0.920. The van der Waals surface area contributed by atoms with E-state index in [1.165, 1.54) is 6.20 Å². The second-order valence-corrected chi connectivity index (χ2v) is 7.42. The number of hydrogen-bond acceptors (Lipinski definition) is 4. The van der Waals surface area contributed by atoms with Gasteiger partial charge in [0.25, 0.3) is 0 Å². The summed E-state index contributed by atoms with van der Waals surface area (Å²) < 4.78 is 28.8. The third-order valence-electron chi connectivity index (χ3n) is 3.89. The van der Waals surface area contributed by atoms with Gasteiger partial charge >= 0.3 is 0 Å². The fourth-order valence-corrected chi connectivity index (χ4v) is 3.52. The molecule has 0 amide bonds. The summed E-state index contributed by atoms with van der Waals surface area (Å²) in [5.41, 5.74) is 5.63. The van der Waals surface area contributed by atoms with Gasteiger partial charge in [-0.05, 0) is 37.6 Å². The van der Waals surface area contributed by atoms with Crippen molar-refractivity contribution >= 4 is 10.0 Å². The molecular formula is C13H24N4O2S. The maximum absolute atomic E-state index is 12.2. The van der Waals surface area contributed by atoms with Crippen LogP contribution in [0.25, 0.3) is 0 Å². The third-order valence-corrected chi connectivity index (χ3v) is 5.24. The topological polar surface area (TPSA) is 90.0 Å². The predicted molar refractivity (Wildman–Crippen MR) is 77.7 cm³/mol. The first kappa shape index (κ1) is 15.5. The van der Waals surface area contributed by atoms with Crippen molar-refractivity contribution < 1.29 is 8.42 Å². The number of nitrogens with two attached hydrogens (primary N) is 1. The third kappa shape index (κ3) is 3.80. The minimum atomic E-state index is -3.44. The zero-order chi connectivity index (χ0) is 14.6. The van der Waals surface area contributed by atoms with Crippen molar-refractivity contribution in [2.75, 3.05) is 13.1 Å². The van der Waals surface area contributed by atoms with Gasteiger partial charge in [0, 0.05) is 19.3 Å². The molecule has 0 saturated heterocycles. The summed E-state index contributed by atoms with van der Waals surface area (Å²) in [7, 11) is -3.44. The Balaban J connectivity index is 1.94. The van der Waals surface area contributed by atoms with Crippen LogP contribution in [0.1, 0.15) is 39.0 Å². The summed E-state index contributed by atoms with van der Waals surface area (Å²) >= 11 is 0. The van der Waals surface area contributed by atoms with E-state index in [-0.39, 0.29) is 10.3 Å². The molecule has 0 aliphatic heterocycles. The summed E-state index contributed by atoms with van der Waals surface area (Å²) in [6.07, 6.45) is 8.19. The molecule has 114 valence electrons. The highest BCUT2D eigenvalue weighted by Crippen LogP contribution is 2.49. The minimum absolute atomic E-state index is 0.206. The quantitative estimate of drug-likeness (QED) is 0.714. The molecule has 0 spiro atoms. The van der Waals surface area contributed by atoms with Gasteiger partial charge in [-0.15, -0.1) is 0 Å². The molecule has 0 radical (unpaired) electrons. The molecule has 0 atom stereocenters. The molecule has 1 aliphatic carbocycles. The number of nitrogens with zero attached hydrogens (tertiary/aromatic N) is 2. The highest BCUT2D eigenvalue weighted by molar-refractivity contribution is 7.89. The molecule has 6 nitrogen and oxygen atoms in total. The fourth-order valence-electron chi connectivity index (χ4n) is 2.41. The standard InChI is InChI=1S/C13H24N4O2S/c1-2-4-13(5-6-13)11-16-20(18,19)12-9-15-17(10-12)8-3-7-14/h9-10,16H,2-8,11,14H2,1H3. The molecular weight excluding hydrogens is 276 g/mol. The zero-order valence-electron chi connectivity index (χ0n) is 12.0. The monoisotopic (exact) mass is 300 g/mol. The van der Waals surface area contributed by atoms with Crippen molar-refractivity contribution in [3.63, 3.8) is 0 Å². The van der Waals surface area contributed by atoms with Crippen LogP contribution in [0.5, 0.6) is 0 Å². The second kappa shape index (κ2) is 6.24. The van der Waals surface area contributed by atoms with E-state index in [0.29, 0.717) is 19.6 Å². The average Bonchev–Trinajstić information content (AvgIpc) is 3.01. The van der Waals surface area contributed by atoms with Crippen molar-refractivity contribution in [2.24, 2.45) is 11.1 Å². The van der Waals surface area contributed by atoms with Crippen LogP contribution in [0, 0.1) is 5.41 Å². The van der Waals surface area contributed by atoms with Gasteiger partial charge in [0.2, 0.25) is 10.0 Å².